The molecule has 2 aliphatic rings. The normalized spacial score (nSPS) is 24.1. The topological polar surface area (TPSA) is 41.1 Å². The maximum atomic E-state index is 12.0. The van der Waals surface area contributed by atoms with E-state index in [4.69, 9.17) is 0 Å². The van der Waals surface area contributed by atoms with Crippen LogP contribution in [-0.2, 0) is 4.79 Å². The van der Waals surface area contributed by atoms with Crippen molar-refractivity contribution in [3.63, 3.8) is 0 Å². The lowest BCUT2D eigenvalue weighted by Crippen LogP contribution is -2.41. The van der Waals surface area contributed by atoms with Crippen molar-refractivity contribution in [2.75, 3.05) is 19.6 Å². The van der Waals surface area contributed by atoms with Gasteiger partial charge in [-0.15, -0.1) is 12.4 Å². The van der Waals surface area contributed by atoms with Crippen LogP contribution in [0.2, 0.25) is 0 Å². The summed E-state index contributed by atoms with van der Waals surface area (Å²) < 4.78 is 0. The zero-order valence-corrected chi connectivity index (χ0v) is 11.6. The molecule has 3 nitrogen and oxygen atoms in total. The summed E-state index contributed by atoms with van der Waals surface area (Å²) in [4.78, 5) is 12.0. The van der Waals surface area contributed by atoms with E-state index in [9.17, 15) is 4.79 Å². The van der Waals surface area contributed by atoms with Crippen LogP contribution >= 0.6 is 12.4 Å². The maximum Gasteiger partial charge on any atom is 0.223 e. The number of hydrogen-bond donors (Lipinski definition) is 2. The second kappa shape index (κ2) is 6.60. The molecule has 0 bridgehead atoms. The van der Waals surface area contributed by atoms with Crippen molar-refractivity contribution in [2.45, 2.75) is 45.4 Å². The van der Waals surface area contributed by atoms with Gasteiger partial charge in [0.05, 0.1) is 0 Å². The first-order valence-electron chi connectivity index (χ1n) is 6.68. The van der Waals surface area contributed by atoms with Crippen molar-refractivity contribution in [1.82, 2.24) is 10.6 Å². The number of carbonyl (C=O) groups is 1. The van der Waals surface area contributed by atoms with Gasteiger partial charge >= 0.3 is 0 Å². The number of hydrogen-bond acceptors (Lipinski definition) is 2. The molecule has 0 aromatic heterocycles. The van der Waals surface area contributed by atoms with Crippen molar-refractivity contribution in [2.24, 2.45) is 11.3 Å². The van der Waals surface area contributed by atoms with Crippen LogP contribution in [0, 0.1) is 11.3 Å². The second-order valence-corrected chi connectivity index (χ2v) is 5.76. The Kier molecular flexibility index (Phi) is 5.74. The molecular formula is C13H25ClN2O. The van der Waals surface area contributed by atoms with Gasteiger partial charge in [-0.05, 0) is 44.2 Å². The lowest BCUT2D eigenvalue weighted by atomic mass is 9.88. The summed E-state index contributed by atoms with van der Waals surface area (Å²) in [5.41, 5.74) is 0.378. The Labute approximate surface area is 111 Å². The molecule has 1 aliphatic heterocycles. The van der Waals surface area contributed by atoms with Gasteiger partial charge in [-0.2, -0.15) is 0 Å². The van der Waals surface area contributed by atoms with E-state index in [1.165, 1.54) is 25.7 Å². The monoisotopic (exact) mass is 260 g/mol. The Bertz CT molecular complexity index is 246. The standard InChI is InChI=1S/C13H24N2O.ClH/c1-13(6-2-3-7-13)10-15-12(16)11-4-8-14-9-5-11;/h11,14H,2-10H2,1H3,(H,15,16);1H. The van der Waals surface area contributed by atoms with Crippen LogP contribution in [0.25, 0.3) is 0 Å². The minimum Gasteiger partial charge on any atom is -0.355 e. The Morgan fingerprint density at radius 3 is 2.47 bits per heavy atom. The number of halogens is 1. The molecule has 0 spiro atoms. The van der Waals surface area contributed by atoms with E-state index in [-0.39, 0.29) is 24.2 Å². The van der Waals surface area contributed by atoms with Crippen LogP contribution in [0.4, 0.5) is 0 Å². The van der Waals surface area contributed by atoms with Crippen LogP contribution < -0.4 is 10.6 Å². The first-order valence-corrected chi connectivity index (χ1v) is 6.68. The quantitative estimate of drug-likeness (QED) is 0.816. The van der Waals surface area contributed by atoms with Crippen molar-refractivity contribution in [1.29, 1.82) is 0 Å². The molecule has 1 aliphatic carbocycles. The van der Waals surface area contributed by atoms with Crippen LogP contribution in [0.15, 0.2) is 0 Å². The lowest BCUT2D eigenvalue weighted by molar-refractivity contribution is -0.126. The van der Waals surface area contributed by atoms with Crippen LogP contribution in [0.1, 0.15) is 45.4 Å². The number of amides is 1. The van der Waals surface area contributed by atoms with E-state index in [1.807, 2.05) is 0 Å². The summed E-state index contributed by atoms with van der Waals surface area (Å²) >= 11 is 0. The van der Waals surface area contributed by atoms with Crippen LogP contribution in [-0.4, -0.2) is 25.5 Å². The first-order chi connectivity index (χ1) is 7.70. The Balaban J connectivity index is 0.00000144. The van der Waals surface area contributed by atoms with Crippen LogP contribution in [0.5, 0.6) is 0 Å². The molecule has 1 saturated carbocycles. The van der Waals surface area contributed by atoms with Crippen molar-refractivity contribution >= 4 is 18.3 Å². The smallest absolute Gasteiger partial charge is 0.223 e. The molecule has 1 amide bonds. The number of piperidine rings is 1. The van der Waals surface area contributed by atoms with Gasteiger partial charge in [0.1, 0.15) is 0 Å². The van der Waals surface area contributed by atoms with E-state index in [0.717, 1.165) is 32.5 Å². The molecular weight excluding hydrogens is 236 g/mol. The summed E-state index contributed by atoms with van der Waals surface area (Å²) in [5, 5.41) is 6.46. The zero-order chi connectivity index (χ0) is 11.4. The molecule has 0 atom stereocenters. The highest BCUT2D eigenvalue weighted by Gasteiger charge is 2.30. The lowest BCUT2D eigenvalue weighted by Gasteiger charge is -2.27. The van der Waals surface area contributed by atoms with Crippen molar-refractivity contribution in [3.8, 4) is 0 Å². The van der Waals surface area contributed by atoms with Gasteiger partial charge in [0.25, 0.3) is 0 Å². The number of rotatable bonds is 3. The average molecular weight is 261 g/mol. The van der Waals surface area contributed by atoms with Gasteiger partial charge in [0.15, 0.2) is 0 Å². The summed E-state index contributed by atoms with van der Waals surface area (Å²) in [6, 6.07) is 0. The van der Waals surface area contributed by atoms with Gasteiger partial charge in [0, 0.05) is 12.5 Å². The second-order valence-electron chi connectivity index (χ2n) is 5.76. The van der Waals surface area contributed by atoms with Gasteiger partial charge in [-0.3, -0.25) is 4.79 Å². The summed E-state index contributed by atoms with van der Waals surface area (Å²) in [6.45, 7) is 5.18. The molecule has 0 radical (unpaired) electrons. The fraction of sp³-hybridized carbons (Fsp3) is 0.923. The maximum absolute atomic E-state index is 12.0. The number of carbonyl (C=O) groups excluding carboxylic acids is 1. The van der Waals surface area contributed by atoms with E-state index in [1.54, 1.807) is 0 Å². The minimum atomic E-state index is 0. The van der Waals surface area contributed by atoms with Crippen LogP contribution in [0.3, 0.4) is 0 Å². The summed E-state index contributed by atoms with van der Waals surface area (Å²) in [7, 11) is 0. The molecule has 0 unspecified atom stereocenters. The average Bonchev–Trinajstić information content (AvgIpc) is 2.75. The molecule has 1 heterocycles. The summed E-state index contributed by atoms with van der Waals surface area (Å²) in [5.74, 6) is 0.542. The van der Waals surface area contributed by atoms with Gasteiger partial charge in [-0.25, -0.2) is 0 Å². The van der Waals surface area contributed by atoms with E-state index in [2.05, 4.69) is 17.6 Å². The molecule has 17 heavy (non-hydrogen) atoms. The van der Waals surface area contributed by atoms with E-state index in [0.29, 0.717) is 5.41 Å². The van der Waals surface area contributed by atoms with Crippen molar-refractivity contribution in [3.05, 3.63) is 0 Å². The third-order valence-corrected chi connectivity index (χ3v) is 4.21. The first kappa shape index (κ1) is 14.8. The minimum absolute atomic E-state index is 0. The fourth-order valence-electron chi connectivity index (χ4n) is 2.93. The molecule has 100 valence electrons. The molecule has 1 saturated heterocycles. The Morgan fingerprint density at radius 2 is 1.88 bits per heavy atom. The van der Waals surface area contributed by atoms with E-state index < -0.39 is 0 Å². The third-order valence-electron chi connectivity index (χ3n) is 4.21. The van der Waals surface area contributed by atoms with E-state index >= 15 is 0 Å². The van der Waals surface area contributed by atoms with Gasteiger partial charge in [-0.1, -0.05) is 19.8 Å². The predicted molar refractivity (Wildman–Crippen MR) is 72.4 cm³/mol. The Morgan fingerprint density at radius 1 is 1.29 bits per heavy atom. The van der Waals surface area contributed by atoms with Gasteiger partial charge in [0.2, 0.25) is 5.91 Å². The van der Waals surface area contributed by atoms with Crippen molar-refractivity contribution < 1.29 is 4.79 Å². The fourth-order valence-corrected chi connectivity index (χ4v) is 2.93. The molecule has 4 heteroatoms. The molecule has 0 aromatic rings. The molecule has 2 N–H and O–H groups in total. The predicted octanol–water partition coefficient (Wildman–Crippen LogP) is 2.10. The Hall–Kier alpha value is -0.280. The zero-order valence-electron chi connectivity index (χ0n) is 10.8. The highest BCUT2D eigenvalue weighted by atomic mass is 35.5. The van der Waals surface area contributed by atoms with Gasteiger partial charge < -0.3 is 10.6 Å². The highest BCUT2D eigenvalue weighted by Crippen LogP contribution is 2.36. The largest absolute Gasteiger partial charge is 0.355 e. The molecule has 2 rings (SSSR count). The molecule has 0 aromatic carbocycles. The summed E-state index contributed by atoms with van der Waals surface area (Å²) in [6.07, 6.45) is 7.23. The highest BCUT2D eigenvalue weighted by molar-refractivity contribution is 5.85. The SMILES string of the molecule is CC1(CNC(=O)C2CCNCC2)CCCC1.Cl. The third kappa shape index (κ3) is 4.14. The molecule has 2 fully saturated rings. The number of nitrogens with one attached hydrogen (secondary N) is 2.